The van der Waals surface area contributed by atoms with Crippen LogP contribution in [0.4, 0.5) is 18.9 Å². The number of alkyl halides is 2. The lowest BCUT2D eigenvalue weighted by Crippen LogP contribution is -2.33. The summed E-state index contributed by atoms with van der Waals surface area (Å²) in [7, 11) is -4.80. The fourth-order valence-electron chi connectivity index (χ4n) is 4.74. The van der Waals surface area contributed by atoms with Crippen molar-refractivity contribution in [2.45, 2.75) is 30.9 Å². The molecule has 208 valence electrons. The van der Waals surface area contributed by atoms with E-state index >= 15 is 0 Å². The molecule has 1 amide bonds. The van der Waals surface area contributed by atoms with Gasteiger partial charge in [-0.05, 0) is 83.9 Å². The van der Waals surface area contributed by atoms with Gasteiger partial charge in [0, 0.05) is 29.2 Å². The summed E-state index contributed by atoms with van der Waals surface area (Å²) in [6.45, 7) is 0. The summed E-state index contributed by atoms with van der Waals surface area (Å²) >= 11 is 0. The summed E-state index contributed by atoms with van der Waals surface area (Å²) in [6, 6.07) is 11.8. The third-order valence-electron chi connectivity index (χ3n) is 6.75. The number of carbonyl (C=O) groups is 1. The first-order chi connectivity index (χ1) is 19.0. The highest BCUT2D eigenvalue weighted by atomic mass is 32.2. The van der Waals surface area contributed by atoms with Crippen molar-refractivity contribution in [1.82, 2.24) is 5.32 Å². The minimum Gasteiger partial charge on any atom is -0.455 e. The molecule has 0 radical (unpaired) electrons. The van der Waals surface area contributed by atoms with E-state index in [1.54, 1.807) is 12.1 Å². The quantitative estimate of drug-likeness (QED) is 0.224. The van der Waals surface area contributed by atoms with E-state index in [0.29, 0.717) is 16.5 Å². The standard InChI is InChI=1S/C27H24BF3N2O6S/c1-32-27(34)24-21-12-19(14-2-3-14)16(10-23(21)39-25(24)15-4-6-17(29)7-5-15)13-40(37,38)33-18-8-9-22(28(35)36)20(11-18)26(30)31/h4-12,14,26,33,35-36H,2-3,13H2,1H3,(H,32,34). The number of fused-ring (bicyclic) bond motifs is 1. The monoisotopic (exact) mass is 572 g/mol. The first kappa shape index (κ1) is 27.8. The Morgan fingerprint density at radius 3 is 2.40 bits per heavy atom. The predicted octanol–water partition coefficient (Wildman–Crippen LogP) is 4.04. The van der Waals surface area contributed by atoms with E-state index in [-0.39, 0.29) is 28.5 Å². The Labute approximate surface area is 228 Å². The average molecular weight is 572 g/mol. The van der Waals surface area contributed by atoms with Crippen molar-refractivity contribution in [2.24, 2.45) is 0 Å². The van der Waals surface area contributed by atoms with Crippen LogP contribution >= 0.6 is 0 Å². The molecule has 0 spiro atoms. The average Bonchev–Trinajstić information content (AvgIpc) is 3.68. The molecule has 0 bridgehead atoms. The van der Waals surface area contributed by atoms with Gasteiger partial charge in [-0.15, -0.1) is 0 Å². The summed E-state index contributed by atoms with van der Waals surface area (Å²) in [5, 5.41) is 21.7. The van der Waals surface area contributed by atoms with E-state index in [2.05, 4.69) is 10.0 Å². The van der Waals surface area contributed by atoms with Crippen molar-refractivity contribution < 1.29 is 40.8 Å². The minimum absolute atomic E-state index is 0.0760. The van der Waals surface area contributed by atoms with Gasteiger partial charge in [-0.2, -0.15) is 0 Å². The molecule has 1 aromatic heterocycles. The SMILES string of the molecule is CNC(=O)c1c(-c2ccc(F)cc2)oc2cc(CS(=O)(=O)Nc3ccc(B(O)O)c(C(F)F)c3)c(C3CC3)cc12. The number of benzene rings is 3. The van der Waals surface area contributed by atoms with Gasteiger partial charge in [-0.25, -0.2) is 21.6 Å². The van der Waals surface area contributed by atoms with Gasteiger partial charge < -0.3 is 19.8 Å². The lowest BCUT2D eigenvalue weighted by Gasteiger charge is -2.14. The van der Waals surface area contributed by atoms with Crippen LogP contribution in [-0.2, 0) is 15.8 Å². The zero-order valence-electron chi connectivity index (χ0n) is 21.1. The second kappa shape index (κ2) is 10.6. The minimum atomic E-state index is -4.12. The summed E-state index contributed by atoms with van der Waals surface area (Å²) in [5.41, 5.74) is 0.807. The molecule has 1 fully saturated rings. The molecule has 4 N–H and O–H groups in total. The Kier molecular flexibility index (Phi) is 7.38. The molecule has 1 aliphatic rings. The Bertz CT molecular complexity index is 1700. The molecule has 0 unspecified atom stereocenters. The number of furan rings is 1. The van der Waals surface area contributed by atoms with Crippen LogP contribution in [0, 0.1) is 5.82 Å². The van der Waals surface area contributed by atoms with Crippen LogP contribution in [0.25, 0.3) is 22.3 Å². The van der Waals surface area contributed by atoms with E-state index in [1.807, 2.05) is 0 Å². The number of halogens is 3. The lowest BCUT2D eigenvalue weighted by molar-refractivity contribution is 0.0964. The summed E-state index contributed by atoms with van der Waals surface area (Å²) in [6.07, 6.45) is -1.41. The molecule has 3 aromatic carbocycles. The Hall–Kier alpha value is -3.81. The van der Waals surface area contributed by atoms with Gasteiger partial charge in [0.15, 0.2) is 0 Å². The molecular formula is C27H24BF3N2O6S. The molecule has 4 aromatic rings. The van der Waals surface area contributed by atoms with Gasteiger partial charge in [0.2, 0.25) is 10.0 Å². The van der Waals surface area contributed by atoms with Gasteiger partial charge in [-0.3, -0.25) is 9.52 Å². The number of carbonyl (C=O) groups excluding carboxylic acids is 1. The molecule has 5 rings (SSSR count). The summed E-state index contributed by atoms with van der Waals surface area (Å²) in [5.74, 6) is -1.11. The number of nitrogens with one attached hydrogen (secondary N) is 2. The van der Waals surface area contributed by atoms with Crippen LogP contribution in [0.1, 0.15) is 52.2 Å². The van der Waals surface area contributed by atoms with E-state index in [1.165, 1.54) is 37.4 Å². The van der Waals surface area contributed by atoms with Crippen LogP contribution in [0.15, 0.2) is 59.0 Å². The second-order valence-electron chi connectivity index (χ2n) is 9.59. The Morgan fingerprint density at radius 2 is 1.80 bits per heavy atom. The van der Waals surface area contributed by atoms with Crippen LogP contribution < -0.4 is 15.5 Å². The van der Waals surface area contributed by atoms with E-state index in [4.69, 9.17) is 4.42 Å². The molecule has 1 heterocycles. The van der Waals surface area contributed by atoms with Crippen LogP contribution in [0.5, 0.6) is 0 Å². The van der Waals surface area contributed by atoms with Crippen molar-refractivity contribution in [3.8, 4) is 11.3 Å². The number of anilines is 1. The summed E-state index contributed by atoms with van der Waals surface area (Å²) < 4.78 is 75.0. The molecule has 0 atom stereocenters. The third-order valence-corrected chi connectivity index (χ3v) is 7.98. The second-order valence-corrected chi connectivity index (χ2v) is 11.3. The predicted molar refractivity (Wildman–Crippen MR) is 144 cm³/mol. The van der Waals surface area contributed by atoms with Crippen molar-refractivity contribution in [1.29, 1.82) is 0 Å². The molecule has 0 saturated heterocycles. The highest BCUT2D eigenvalue weighted by Gasteiger charge is 2.31. The Morgan fingerprint density at radius 1 is 1.10 bits per heavy atom. The van der Waals surface area contributed by atoms with Gasteiger partial charge in [0.1, 0.15) is 17.2 Å². The number of rotatable bonds is 9. The molecular weight excluding hydrogens is 548 g/mol. The third kappa shape index (κ3) is 5.58. The zero-order valence-corrected chi connectivity index (χ0v) is 21.9. The molecule has 1 aliphatic carbocycles. The van der Waals surface area contributed by atoms with Crippen molar-refractivity contribution >= 4 is 45.2 Å². The number of sulfonamides is 1. The van der Waals surface area contributed by atoms with Gasteiger partial charge in [-0.1, -0.05) is 6.07 Å². The van der Waals surface area contributed by atoms with Crippen LogP contribution in [0.3, 0.4) is 0 Å². The van der Waals surface area contributed by atoms with Gasteiger partial charge >= 0.3 is 7.12 Å². The van der Waals surface area contributed by atoms with Crippen molar-refractivity contribution in [3.05, 3.63) is 82.7 Å². The molecule has 13 heteroatoms. The number of hydrogen-bond donors (Lipinski definition) is 4. The number of hydrogen-bond acceptors (Lipinski definition) is 6. The maximum Gasteiger partial charge on any atom is 0.488 e. The molecule has 40 heavy (non-hydrogen) atoms. The first-order valence-electron chi connectivity index (χ1n) is 12.3. The largest absolute Gasteiger partial charge is 0.488 e. The maximum atomic E-state index is 13.5. The van der Waals surface area contributed by atoms with E-state index < -0.39 is 52.1 Å². The van der Waals surface area contributed by atoms with Crippen molar-refractivity contribution in [2.75, 3.05) is 11.8 Å². The maximum absolute atomic E-state index is 13.5. The highest BCUT2D eigenvalue weighted by molar-refractivity contribution is 7.91. The fraction of sp³-hybridized carbons (Fsp3) is 0.222. The van der Waals surface area contributed by atoms with Gasteiger partial charge in [0.05, 0.1) is 11.3 Å². The molecule has 1 saturated carbocycles. The Balaban J connectivity index is 1.55. The smallest absolute Gasteiger partial charge is 0.455 e. The summed E-state index contributed by atoms with van der Waals surface area (Å²) in [4.78, 5) is 12.9. The zero-order chi connectivity index (χ0) is 28.8. The topological polar surface area (TPSA) is 129 Å². The fourth-order valence-corrected chi connectivity index (χ4v) is 5.96. The normalized spacial score (nSPS) is 13.6. The van der Waals surface area contributed by atoms with Crippen LogP contribution in [0.2, 0.25) is 0 Å². The molecule has 0 aliphatic heterocycles. The van der Waals surface area contributed by atoms with E-state index in [0.717, 1.165) is 30.5 Å². The first-order valence-corrected chi connectivity index (χ1v) is 14.0. The molecule has 8 nitrogen and oxygen atoms in total. The highest BCUT2D eigenvalue weighted by Crippen LogP contribution is 2.45. The van der Waals surface area contributed by atoms with Crippen LogP contribution in [-0.4, -0.2) is 38.5 Å². The van der Waals surface area contributed by atoms with Crippen molar-refractivity contribution in [3.63, 3.8) is 0 Å². The number of amides is 1. The van der Waals surface area contributed by atoms with Gasteiger partial charge in [0.25, 0.3) is 12.3 Å². The van der Waals surface area contributed by atoms with E-state index in [9.17, 15) is 36.4 Å². The lowest BCUT2D eigenvalue weighted by atomic mass is 9.77.